The first-order valence-corrected chi connectivity index (χ1v) is 6.99. The summed E-state index contributed by atoms with van der Waals surface area (Å²) in [6, 6.07) is 5.12. The summed E-state index contributed by atoms with van der Waals surface area (Å²) < 4.78 is 6.88. The van der Waals surface area contributed by atoms with E-state index in [-0.39, 0.29) is 18.1 Å². The average Bonchev–Trinajstić information content (AvgIpc) is 2.97. The van der Waals surface area contributed by atoms with Crippen molar-refractivity contribution in [2.24, 2.45) is 0 Å². The summed E-state index contributed by atoms with van der Waals surface area (Å²) >= 11 is 0. The molecule has 0 spiro atoms. The summed E-state index contributed by atoms with van der Waals surface area (Å²) in [5.41, 5.74) is 1.52. The van der Waals surface area contributed by atoms with Gasteiger partial charge in [0.15, 0.2) is 0 Å². The van der Waals surface area contributed by atoms with Crippen LogP contribution in [0.25, 0.3) is 0 Å². The molecule has 0 aliphatic carbocycles. The van der Waals surface area contributed by atoms with E-state index >= 15 is 0 Å². The van der Waals surface area contributed by atoms with Crippen LogP contribution in [-0.2, 0) is 12.1 Å². The highest BCUT2D eigenvalue weighted by Crippen LogP contribution is 2.23. The molecule has 0 unspecified atom stereocenters. The maximum atomic E-state index is 12.3. The van der Waals surface area contributed by atoms with Crippen molar-refractivity contribution in [1.82, 2.24) is 9.78 Å². The minimum atomic E-state index is -0.246. The minimum absolute atomic E-state index is 0.158. The SMILES string of the molecule is COc1ccc(NC(=O)c2cnn(C(C)(C)C)c2)cc1CO. The molecule has 0 saturated carbocycles. The van der Waals surface area contributed by atoms with Crippen LogP contribution in [0.4, 0.5) is 5.69 Å². The van der Waals surface area contributed by atoms with Crippen LogP contribution in [-0.4, -0.2) is 27.9 Å². The Morgan fingerprint density at radius 3 is 2.68 bits per heavy atom. The van der Waals surface area contributed by atoms with E-state index in [1.54, 1.807) is 29.1 Å². The molecule has 6 nitrogen and oxygen atoms in total. The number of amides is 1. The molecule has 1 aromatic carbocycles. The van der Waals surface area contributed by atoms with Crippen LogP contribution in [0.3, 0.4) is 0 Å². The fourth-order valence-corrected chi connectivity index (χ4v) is 1.99. The number of aliphatic hydroxyl groups excluding tert-OH is 1. The maximum absolute atomic E-state index is 12.3. The van der Waals surface area contributed by atoms with E-state index < -0.39 is 0 Å². The molecular formula is C16H21N3O3. The van der Waals surface area contributed by atoms with Gasteiger partial charge < -0.3 is 15.2 Å². The Hall–Kier alpha value is -2.34. The van der Waals surface area contributed by atoms with E-state index in [0.29, 0.717) is 22.6 Å². The molecule has 118 valence electrons. The zero-order chi connectivity index (χ0) is 16.3. The molecule has 2 rings (SSSR count). The number of aromatic nitrogens is 2. The largest absolute Gasteiger partial charge is 0.496 e. The van der Waals surface area contributed by atoms with Gasteiger partial charge in [-0.1, -0.05) is 0 Å². The first-order valence-electron chi connectivity index (χ1n) is 6.99. The topological polar surface area (TPSA) is 76.4 Å². The van der Waals surface area contributed by atoms with Gasteiger partial charge in [0.1, 0.15) is 5.75 Å². The standard InChI is InChI=1S/C16H21N3O3/c1-16(2,3)19-9-12(8-17-19)15(21)18-13-5-6-14(22-4)11(7-13)10-20/h5-9,20H,10H2,1-4H3,(H,18,21). The second kappa shape index (κ2) is 6.19. The molecular weight excluding hydrogens is 282 g/mol. The first kappa shape index (κ1) is 16.0. The van der Waals surface area contributed by atoms with Crippen molar-refractivity contribution in [2.75, 3.05) is 12.4 Å². The predicted molar refractivity (Wildman–Crippen MR) is 84.1 cm³/mol. The van der Waals surface area contributed by atoms with Crippen LogP contribution in [0, 0.1) is 0 Å². The lowest BCUT2D eigenvalue weighted by atomic mass is 10.1. The monoisotopic (exact) mass is 303 g/mol. The number of nitrogens with zero attached hydrogens (tertiary/aromatic N) is 2. The number of carbonyl (C=O) groups is 1. The fourth-order valence-electron chi connectivity index (χ4n) is 1.99. The lowest BCUT2D eigenvalue weighted by molar-refractivity contribution is 0.102. The molecule has 0 atom stereocenters. The molecule has 0 aliphatic rings. The van der Waals surface area contributed by atoms with Crippen LogP contribution < -0.4 is 10.1 Å². The quantitative estimate of drug-likeness (QED) is 0.909. The Kier molecular flexibility index (Phi) is 4.51. The van der Waals surface area contributed by atoms with Crippen molar-refractivity contribution in [2.45, 2.75) is 32.9 Å². The number of methoxy groups -OCH3 is 1. The van der Waals surface area contributed by atoms with Gasteiger partial charge in [-0.2, -0.15) is 5.10 Å². The molecule has 22 heavy (non-hydrogen) atoms. The van der Waals surface area contributed by atoms with Crippen LogP contribution in [0.5, 0.6) is 5.75 Å². The van der Waals surface area contributed by atoms with Gasteiger partial charge in [-0.15, -0.1) is 0 Å². The Morgan fingerprint density at radius 2 is 2.14 bits per heavy atom. The number of carbonyl (C=O) groups excluding carboxylic acids is 1. The van der Waals surface area contributed by atoms with Gasteiger partial charge in [-0.25, -0.2) is 0 Å². The third-order valence-electron chi connectivity index (χ3n) is 3.24. The van der Waals surface area contributed by atoms with Gasteiger partial charge >= 0.3 is 0 Å². The minimum Gasteiger partial charge on any atom is -0.496 e. The smallest absolute Gasteiger partial charge is 0.258 e. The lowest BCUT2D eigenvalue weighted by Crippen LogP contribution is -2.22. The third-order valence-corrected chi connectivity index (χ3v) is 3.24. The molecule has 0 aliphatic heterocycles. The van der Waals surface area contributed by atoms with Crippen molar-refractivity contribution >= 4 is 11.6 Å². The number of aliphatic hydroxyl groups is 1. The van der Waals surface area contributed by atoms with Gasteiger partial charge in [-0.3, -0.25) is 9.48 Å². The number of benzene rings is 1. The normalized spacial score (nSPS) is 11.3. The molecule has 0 saturated heterocycles. The highest BCUT2D eigenvalue weighted by atomic mass is 16.5. The highest BCUT2D eigenvalue weighted by molar-refractivity contribution is 6.04. The zero-order valence-electron chi connectivity index (χ0n) is 13.3. The van der Waals surface area contributed by atoms with Crippen LogP contribution in [0.2, 0.25) is 0 Å². The molecule has 1 amide bonds. The lowest BCUT2D eigenvalue weighted by Gasteiger charge is -2.18. The van der Waals surface area contributed by atoms with Gasteiger partial charge in [-0.05, 0) is 39.0 Å². The van der Waals surface area contributed by atoms with Crippen LogP contribution in [0.15, 0.2) is 30.6 Å². The summed E-state index contributed by atoms with van der Waals surface area (Å²) in [6.45, 7) is 5.88. The van der Waals surface area contributed by atoms with E-state index in [0.717, 1.165) is 0 Å². The molecule has 1 heterocycles. The number of ether oxygens (including phenoxy) is 1. The van der Waals surface area contributed by atoms with E-state index in [9.17, 15) is 9.90 Å². The Labute approximate surface area is 129 Å². The summed E-state index contributed by atoms with van der Waals surface area (Å²) in [5.74, 6) is 0.339. The third kappa shape index (κ3) is 3.46. The Bertz CT molecular complexity index is 672. The number of rotatable bonds is 4. The molecule has 2 aromatic rings. The van der Waals surface area contributed by atoms with Gasteiger partial charge in [0.05, 0.1) is 31.0 Å². The number of hydrogen-bond acceptors (Lipinski definition) is 4. The number of anilines is 1. The van der Waals surface area contributed by atoms with E-state index in [4.69, 9.17) is 4.74 Å². The summed E-state index contributed by atoms with van der Waals surface area (Å²) in [5, 5.41) is 16.3. The second-order valence-corrected chi connectivity index (χ2v) is 5.98. The number of nitrogens with one attached hydrogen (secondary N) is 1. The average molecular weight is 303 g/mol. The number of hydrogen-bond donors (Lipinski definition) is 2. The summed E-state index contributed by atoms with van der Waals surface area (Å²) in [6.07, 6.45) is 3.25. The van der Waals surface area contributed by atoms with E-state index in [1.807, 2.05) is 20.8 Å². The Morgan fingerprint density at radius 1 is 1.41 bits per heavy atom. The van der Waals surface area contributed by atoms with Crippen molar-refractivity contribution in [1.29, 1.82) is 0 Å². The Balaban J connectivity index is 2.17. The maximum Gasteiger partial charge on any atom is 0.258 e. The molecule has 6 heteroatoms. The van der Waals surface area contributed by atoms with E-state index in [1.165, 1.54) is 13.3 Å². The summed E-state index contributed by atoms with van der Waals surface area (Å²) in [7, 11) is 1.54. The summed E-state index contributed by atoms with van der Waals surface area (Å²) in [4.78, 5) is 12.3. The van der Waals surface area contributed by atoms with Gasteiger partial charge in [0.2, 0.25) is 0 Å². The van der Waals surface area contributed by atoms with Crippen molar-refractivity contribution in [3.05, 3.63) is 41.7 Å². The molecule has 1 aromatic heterocycles. The molecule has 0 radical (unpaired) electrons. The highest BCUT2D eigenvalue weighted by Gasteiger charge is 2.17. The van der Waals surface area contributed by atoms with Crippen molar-refractivity contribution < 1.29 is 14.6 Å². The van der Waals surface area contributed by atoms with Gasteiger partial charge in [0.25, 0.3) is 5.91 Å². The van der Waals surface area contributed by atoms with Crippen LogP contribution >= 0.6 is 0 Å². The molecule has 0 fully saturated rings. The molecule has 0 bridgehead atoms. The van der Waals surface area contributed by atoms with Crippen LogP contribution in [0.1, 0.15) is 36.7 Å². The molecule has 2 N–H and O–H groups in total. The second-order valence-electron chi connectivity index (χ2n) is 5.98. The van der Waals surface area contributed by atoms with E-state index in [2.05, 4.69) is 10.4 Å². The fraction of sp³-hybridized carbons (Fsp3) is 0.375. The predicted octanol–water partition coefficient (Wildman–Crippen LogP) is 2.39. The first-order chi connectivity index (χ1) is 10.3. The van der Waals surface area contributed by atoms with Crippen molar-refractivity contribution in [3.8, 4) is 5.75 Å². The van der Waals surface area contributed by atoms with Crippen molar-refractivity contribution in [3.63, 3.8) is 0 Å². The zero-order valence-corrected chi connectivity index (χ0v) is 13.3. The van der Waals surface area contributed by atoms with Gasteiger partial charge in [0, 0.05) is 17.4 Å².